The van der Waals surface area contributed by atoms with Crippen molar-refractivity contribution < 1.29 is 14.6 Å². The van der Waals surface area contributed by atoms with Gasteiger partial charge in [0, 0.05) is 6.61 Å². The summed E-state index contributed by atoms with van der Waals surface area (Å²) in [5.74, 6) is 0. The van der Waals surface area contributed by atoms with Crippen molar-refractivity contribution in [1.29, 1.82) is 0 Å². The Morgan fingerprint density at radius 2 is 2.40 bits per heavy atom. The van der Waals surface area contributed by atoms with Gasteiger partial charge in [0.1, 0.15) is 0 Å². The molecule has 5 heteroatoms. The lowest BCUT2D eigenvalue weighted by Crippen LogP contribution is -2.35. The summed E-state index contributed by atoms with van der Waals surface area (Å²) >= 11 is 0. The largest absolute Gasteiger partial charge is 0.369 e. The van der Waals surface area contributed by atoms with Gasteiger partial charge in [0.25, 0.3) is 0 Å². The van der Waals surface area contributed by atoms with Crippen molar-refractivity contribution in [2.45, 2.75) is 19.4 Å². The van der Waals surface area contributed by atoms with Gasteiger partial charge < -0.3 is 20.5 Å². The summed E-state index contributed by atoms with van der Waals surface area (Å²) in [5, 5.41) is 13.6. The maximum atomic E-state index is 10.5. The second-order valence-corrected chi connectivity index (χ2v) is 1.94. The molecular weight excluding hydrogens is 136 g/mol. The SMILES string of the molecule is CCOC1NC(=O)NC1O. The molecule has 5 nitrogen and oxygen atoms in total. The zero-order chi connectivity index (χ0) is 7.56. The standard InChI is InChI=1S/C5H10N2O3/c1-2-10-4-3(8)6-5(9)7-4/h3-4,8H,2H2,1H3,(H2,6,7,9). The number of hydrogen-bond acceptors (Lipinski definition) is 3. The minimum absolute atomic E-state index is 0.397. The van der Waals surface area contributed by atoms with Gasteiger partial charge in [0.05, 0.1) is 0 Å². The van der Waals surface area contributed by atoms with Crippen LogP contribution in [0.3, 0.4) is 0 Å². The van der Waals surface area contributed by atoms with E-state index in [4.69, 9.17) is 9.84 Å². The van der Waals surface area contributed by atoms with Gasteiger partial charge in [-0.3, -0.25) is 0 Å². The summed E-state index contributed by atoms with van der Waals surface area (Å²) in [6.45, 7) is 2.25. The Morgan fingerprint density at radius 1 is 1.70 bits per heavy atom. The molecule has 1 saturated heterocycles. The van der Waals surface area contributed by atoms with Gasteiger partial charge in [-0.15, -0.1) is 0 Å². The molecule has 2 amide bonds. The molecule has 0 aromatic rings. The number of aliphatic hydroxyl groups is 1. The van der Waals surface area contributed by atoms with Gasteiger partial charge in [-0.05, 0) is 6.92 Å². The van der Waals surface area contributed by atoms with Gasteiger partial charge in [-0.1, -0.05) is 0 Å². The number of urea groups is 1. The van der Waals surface area contributed by atoms with Crippen molar-refractivity contribution in [3.8, 4) is 0 Å². The first-order chi connectivity index (χ1) is 4.74. The smallest absolute Gasteiger partial charge is 0.319 e. The zero-order valence-electron chi connectivity index (χ0n) is 5.63. The molecule has 0 aromatic heterocycles. The molecule has 3 N–H and O–H groups in total. The number of rotatable bonds is 2. The van der Waals surface area contributed by atoms with Gasteiger partial charge in [-0.25, -0.2) is 4.79 Å². The summed E-state index contributed by atoms with van der Waals surface area (Å²) in [6, 6.07) is -0.397. The molecule has 0 spiro atoms. The minimum Gasteiger partial charge on any atom is -0.369 e. The van der Waals surface area contributed by atoms with Crippen LogP contribution in [0.25, 0.3) is 0 Å². The van der Waals surface area contributed by atoms with E-state index in [0.29, 0.717) is 6.61 Å². The molecule has 0 saturated carbocycles. The summed E-state index contributed by atoms with van der Waals surface area (Å²) in [4.78, 5) is 10.5. The topological polar surface area (TPSA) is 70.6 Å². The lowest BCUT2D eigenvalue weighted by molar-refractivity contribution is -0.0311. The maximum Gasteiger partial charge on any atom is 0.319 e. The Kier molecular flexibility index (Phi) is 2.08. The number of carbonyl (C=O) groups excluding carboxylic acids is 1. The molecule has 1 heterocycles. The summed E-state index contributed by atoms with van der Waals surface area (Å²) in [5.41, 5.74) is 0. The Labute approximate surface area is 58.4 Å². The third-order valence-electron chi connectivity index (χ3n) is 1.19. The molecule has 2 atom stereocenters. The molecule has 0 bridgehead atoms. The van der Waals surface area contributed by atoms with Crippen molar-refractivity contribution in [3.63, 3.8) is 0 Å². The molecule has 10 heavy (non-hydrogen) atoms. The highest BCUT2D eigenvalue weighted by molar-refractivity contribution is 5.76. The number of carbonyl (C=O) groups is 1. The van der Waals surface area contributed by atoms with Crippen LogP contribution in [-0.4, -0.2) is 30.2 Å². The second kappa shape index (κ2) is 2.85. The summed E-state index contributed by atoms with van der Waals surface area (Å²) in [6.07, 6.45) is -1.52. The fourth-order valence-corrected chi connectivity index (χ4v) is 0.772. The van der Waals surface area contributed by atoms with E-state index in [1.54, 1.807) is 6.92 Å². The first kappa shape index (κ1) is 7.30. The van der Waals surface area contributed by atoms with Crippen molar-refractivity contribution in [2.24, 2.45) is 0 Å². The van der Waals surface area contributed by atoms with Crippen molar-refractivity contribution in [3.05, 3.63) is 0 Å². The Bertz CT molecular complexity index is 139. The third kappa shape index (κ3) is 1.37. The highest BCUT2D eigenvalue weighted by Crippen LogP contribution is 1.98. The van der Waals surface area contributed by atoms with Gasteiger partial charge >= 0.3 is 6.03 Å². The highest BCUT2D eigenvalue weighted by atomic mass is 16.5. The molecule has 1 aliphatic rings. The highest BCUT2D eigenvalue weighted by Gasteiger charge is 2.29. The third-order valence-corrected chi connectivity index (χ3v) is 1.19. The number of amides is 2. The molecule has 2 unspecified atom stereocenters. The van der Waals surface area contributed by atoms with E-state index in [9.17, 15) is 4.79 Å². The molecule has 58 valence electrons. The molecule has 1 fully saturated rings. The van der Waals surface area contributed by atoms with E-state index >= 15 is 0 Å². The van der Waals surface area contributed by atoms with Crippen LogP contribution < -0.4 is 10.6 Å². The minimum atomic E-state index is -0.924. The number of nitrogens with one attached hydrogen (secondary N) is 2. The maximum absolute atomic E-state index is 10.5. The number of aliphatic hydroxyl groups excluding tert-OH is 1. The van der Waals surface area contributed by atoms with Crippen LogP contribution in [0, 0.1) is 0 Å². The van der Waals surface area contributed by atoms with Crippen LogP contribution in [0.4, 0.5) is 4.79 Å². The normalized spacial score (nSPS) is 31.6. The van der Waals surface area contributed by atoms with Crippen molar-refractivity contribution >= 4 is 6.03 Å². The lowest BCUT2D eigenvalue weighted by atomic mass is 10.5. The van der Waals surface area contributed by atoms with E-state index in [2.05, 4.69) is 10.6 Å². The fraction of sp³-hybridized carbons (Fsp3) is 0.800. The zero-order valence-corrected chi connectivity index (χ0v) is 5.63. The van der Waals surface area contributed by atoms with Crippen molar-refractivity contribution in [1.82, 2.24) is 10.6 Å². The lowest BCUT2D eigenvalue weighted by Gasteiger charge is -2.11. The van der Waals surface area contributed by atoms with Crippen LogP contribution >= 0.6 is 0 Å². The first-order valence-electron chi connectivity index (χ1n) is 3.10. The number of ether oxygens (including phenoxy) is 1. The van der Waals surface area contributed by atoms with Gasteiger partial charge in [0.2, 0.25) is 0 Å². The molecule has 1 rings (SSSR count). The van der Waals surface area contributed by atoms with Crippen LogP contribution in [0.1, 0.15) is 6.92 Å². The van der Waals surface area contributed by atoms with Crippen LogP contribution in [-0.2, 0) is 4.74 Å². The van der Waals surface area contributed by atoms with E-state index in [-0.39, 0.29) is 0 Å². The monoisotopic (exact) mass is 146 g/mol. The summed E-state index contributed by atoms with van der Waals surface area (Å²) in [7, 11) is 0. The van der Waals surface area contributed by atoms with E-state index < -0.39 is 18.5 Å². The Balaban J connectivity index is 2.38. The first-order valence-corrected chi connectivity index (χ1v) is 3.10. The molecular formula is C5H10N2O3. The second-order valence-electron chi connectivity index (χ2n) is 1.94. The van der Waals surface area contributed by atoms with Crippen LogP contribution in [0.15, 0.2) is 0 Å². The molecule has 1 aliphatic heterocycles. The van der Waals surface area contributed by atoms with E-state index in [1.165, 1.54) is 0 Å². The van der Waals surface area contributed by atoms with Gasteiger partial charge in [-0.2, -0.15) is 0 Å². The Hall–Kier alpha value is -0.810. The summed E-state index contributed by atoms with van der Waals surface area (Å²) < 4.78 is 4.94. The van der Waals surface area contributed by atoms with Crippen molar-refractivity contribution in [2.75, 3.05) is 6.61 Å². The molecule has 0 aromatic carbocycles. The van der Waals surface area contributed by atoms with Crippen LogP contribution in [0.2, 0.25) is 0 Å². The van der Waals surface area contributed by atoms with E-state index in [0.717, 1.165) is 0 Å². The number of hydrogen-bond donors (Lipinski definition) is 3. The Morgan fingerprint density at radius 3 is 2.80 bits per heavy atom. The predicted molar refractivity (Wildman–Crippen MR) is 33.1 cm³/mol. The fourth-order valence-electron chi connectivity index (χ4n) is 0.772. The predicted octanol–water partition coefficient (Wildman–Crippen LogP) is -1.02. The van der Waals surface area contributed by atoms with E-state index in [1.807, 2.05) is 0 Å². The quantitative estimate of drug-likeness (QED) is 0.467. The van der Waals surface area contributed by atoms with Gasteiger partial charge in [0.15, 0.2) is 12.5 Å². The molecule has 0 radical (unpaired) electrons. The average molecular weight is 146 g/mol. The average Bonchev–Trinajstić information content (AvgIpc) is 2.13. The molecule has 0 aliphatic carbocycles. The van der Waals surface area contributed by atoms with Crippen LogP contribution in [0.5, 0.6) is 0 Å².